The van der Waals surface area contributed by atoms with E-state index in [-0.39, 0.29) is 6.61 Å². The molecule has 1 aromatic rings. The summed E-state index contributed by atoms with van der Waals surface area (Å²) in [7, 11) is -4.51. The van der Waals surface area contributed by atoms with Crippen molar-refractivity contribution >= 4 is 7.82 Å². The van der Waals surface area contributed by atoms with Crippen LogP contribution in [-0.4, -0.2) is 22.0 Å². The van der Waals surface area contributed by atoms with Crippen LogP contribution in [0.15, 0.2) is 18.2 Å². The molecule has 0 spiro atoms. The van der Waals surface area contributed by atoms with Crippen molar-refractivity contribution in [2.75, 3.05) is 6.61 Å². The lowest BCUT2D eigenvalue weighted by Crippen LogP contribution is -2.33. The van der Waals surface area contributed by atoms with E-state index in [1.54, 1.807) is 39.0 Å². The highest BCUT2D eigenvalue weighted by atomic mass is 31.2. The van der Waals surface area contributed by atoms with Gasteiger partial charge in [-0.05, 0) is 44.5 Å². The van der Waals surface area contributed by atoms with Gasteiger partial charge in [0.2, 0.25) is 0 Å². The molecule has 2 N–H and O–H groups in total. The zero-order chi connectivity index (χ0) is 14.7. The van der Waals surface area contributed by atoms with Crippen LogP contribution in [0.5, 0.6) is 5.75 Å². The maximum Gasteiger partial charge on any atom is 0.469 e. The molecule has 7 heteroatoms. The molecule has 0 heterocycles. The Morgan fingerprint density at radius 3 is 2.53 bits per heavy atom. The van der Waals surface area contributed by atoms with E-state index in [9.17, 15) is 4.57 Å². The van der Waals surface area contributed by atoms with Gasteiger partial charge >= 0.3 is 7.82 Å². The van der Waals surface area contributed by atoms with Crippen LogP contribution >= 0.6 is 7.82 Å². The van der Waals surface area contributed by atoms with Crippen molar-refractivity contribution in [1.82, 2.24) is 0 Å². The second-order valence-electron chi connectivity index (χ2n) is 4.72. The Bertz CT molecular complexity index is 544. The first kappa shape index (κ1) is 15.7. The highest BCUT2D eigenvalue weighted by Gasteiger charge is 2.26. The summed E-state index contributed by atoms with van der Waals surface area (Å²) in [5.74, 6) is 0.540. The maximum absolute atomic E-state index is 10.7. The third-order valence-electron chi connectivity index (χ3n) is 2.27. The SMILES string of the molecule is Cc1cc(C#N)ccc1OC(C)(C)COP(=O)(O)O. The quantitative estimate of drug-likeness (QED) is 0.804. The summed E-state index contributed by atoms with van der Waals surface area (Å²) < 4.78 is 20.8. The van der Waals surface area contributed by atoms with E-state index in [0.29, 0.717) is 11.3 Å². The van der Waals surface area contributed by atoms with Crippen LogP contribution in [0.1, 0.15) is 25.0 Å². The van der Waals surface area contributed by atoms with Gasteiger partial charge < -0.3 is 14.5 Å². The minimum Gasteiger partial charge on any atom is -0.485 e. The summed E-state index contributed by atoms with van der Waals surface area (Å²) in [5.41, 5.74) is 0.387. The number of nitrogens with zero attached hydrogens (tertiary/aromatic N) is 1. The van der Waals surface area contributed by atoms with E-state index in [1.807, 2.05) is 6.07 Å². The van der Waals surface area contributed by atoms with E-state index in [0.717, 1.165) is 5.56 Å². The van der Waals surface area contributed by atoms with Crippen molar-refractivity contribution < 1.29 is 23.6 Å². The number of hydrogen-bond donors (Lipinski definition) is 2. The molecule has 1 rings (SSSR count). The van der Waals surface area contributed by atoms with Crippen LogP contribution in [0, 0.1) is 18.3 Å². The number of nitriles is 1. The molecule has 0 fully saturated rings. The Hall–Kier alpha value is -1.38. The molecule has 0 saturated carbocycles. The molecule has 1 aromatic carbocycles. The molecule has 0 radical (unpaired) electrons. The molecular weight excluding hydrogens is 269 g/mol. The molecule has 0 aromatic heterocycles. The first-order chi connectivity index (χ1) is 8.63. The fraction of sp³-hybridized carbons (Fsp3) is 0.417. The monoisotopic (exact) mass is 285 g/mol. The van der Waals surface area contributed by atoms with Gasteiger partial charge in [0.05, 0.1) is 18.2 Å². The number of phosphoric ester groups is 1. The van der Waals surface area contributed by atoms with Gasteiger partial charge in [-0.15, -0.1) is 0 Å². The van der Waals surface area contributed by atoms with Crippen LogP contribution in [0.4, 0.5) is 0 Å². The van der Waals surface area contributed by atoms with E-state index < -0.39 is 13.4 Å². The van der Waals surface area contributed by atoms with Gasteiger partial charge in [0.1, 0.15) is 11.4 Å². The summed E-state index contributed by atoms with van der Waals surface area (Å²) in [5, 5.41) is 8.76. The number of ether oxygens (including phenoxy) is 1. The second-order valence-corrected chi connectivity index (χ2v) is 5.96. The number of hydrogen-bond acceptors (Lipinski definition) is 4. The van der Waals surface area contributed by atoms with Gasteiger partial charge in [-0.3, -0.25) is 4.52 Å². The normalized spacial score (nSPS) is 12.0. The van der Waals surface area contributed by atoms with E-state index >= 15 is 0 Å². The topological polar surface area (TPSA) is 99.8 Å². The van der Waals surface area contributed by atoms with Crippen LogP contribution in [-0.2, 0) is 9.09 Å². The summed E-state index contributed by atoms with van der Waals surface area (Å²) in [6, 6.07) is 6.95. The average Bonchev–Trinajstić information content (AvgIpc) is 2.28. The molecule has 0 aliphatic carbocycles. The lowest BCUT2D eigenvalue weighted by atomic mass is 10.1. The predicted molar refractivity (Wildman–Crippen MR) is 68.6 cm³/mol. The molecule has 0 unspecified atom stereocenters. The van der Waals surface area contributed by atoms with E-state index in [1.165, 1.54) is 0 Å². The predicted octanol–water partition coefficient (Wildman–Crippen LogP) is 2.13. The minimum absolute atomic E-state index is 0.253. The van der Waals surface area contributed by atoms with Gasteiger partial charge in [-0.25, -0.2) is 4.57 Å². The van der Waals surface area contributed by atoms with E-state index in [4.69, 9.17) is 19.8 Å². The molecule has 0 aliphatic rings. The molecule has 0 saturated heterocycles. The van der Waals surface area contributed by atoms with Crippen LogP contribution in [0.25, 0.3) is 0 Å². The molecule has 0 bridgehead atoms. The van der Waals surface area contributed by atoms with Crippen molar-refractivity contribution in [3.63, 3.8) is 0 Å². The molecule has 104 valence electrons. The zero-order valence-corrected chi connectivity index (χ0v) is 11.8. The molecule has 0 aliphatic heterocycles. The van der Waals surface area contributed by atoms with Gasteiger partial charge in [0, 0.05) is 0 Å². The lowest BCUT2D eigenvalue weighted by Gasteiger charge is -2.27. The number of rotatable bonds is 5. The molecule has 0 amide bonds. The van der Waals surface area contributed by atoms with E-state index in [2.05, 4.69) is 4.52 Å². The lowest BCUT2D eigenvalue weighted by molar-refractivity contribution is 0.0370. The first-order valence-electron chi connectivity index (χ1n) is 5.53. The third kappa shape index (κ3) is 5.41. The van der Waals surface area contributed by atoms with Crippen molar-refractivity contribution in [3.8, 4) is 11.8 Å². The van der Waals surface area contributed by atoms with Crippen molar-refractivity contribution in [2.45, 2.75) is 26.4 Å². The molecular formula is C12H16NO5P. The second kappa shape index (κ2) is 5.72. The summed E-state index contributed by atoms with van der Waals surface area (Å²) >= 11 is 0. The average molecular weight is 285 g/mol. The first-order valence-corrected chi connectivity index (χ1v) is 7.06. The Labute approximate surface area is 111 Å². The molecule has 6 nitrogen and oxygen atoms in total. The summed E-state index contributed by atoms with van der Waals surface area (Å²) in [4.78, 5) is 17.3. The van der Waals surface area contributed by atoms with Gasteiger partial charge in [-0.1, -0.05) is 0 Å². The van der Waals surface area contributed by atoms with Crippen molar-refractivity contribution in [3.05, 3.63) is 29.3 Å². The fourth-order valence-electron chi connectivity index (χ4n) is 1.40. The molecule has 0 atom stereocenters. The fourth-order valence-corrected chi connectivity index (χ4v) is 1.88. The number of phosphoric acid groups is 1. The van der Waals surface area contributed by atoms with Crippen molar-refractivity contribution in [1.29, 1.82) is 5.26 Å². The third-order valence-corrected chi connectivity index (χ3v) is 2.74. The number of benzene rings is 1. The smallest absolute Gasteiger partial charge is 0.469 e. The van der Waals surface area contributed by atoms with Crippen molar-refractivity contribution in [2.24, 2.45) is 0 Å². The van der Waals surface area contributed by atoms with Gasteiger partial charge in [0.15, 0.2) is 0 Å². The Morgan fingerprint density at radius 2 is 2.05 bits per heavy atom. The molecule has 19 heavy (non-hydrogen) atoms. The van der Waals surface area contributed by atoms with Gasteiger partial charge in [0.25, 0.3) is 0 Å². The highest BCUT2D eigenvalue weighted by Crippen LogP contribution is 2.37. The van der Waals surface area contributed by atoms with Crippen LogP contribution < -0.4 is 4.74 Å². The Kier molecular flexibility index (Phi) is 4.72. The van der Waals surface area contributed by atoms with Crippen LogP contribution in [0.3, 0.4) is 0 Å². The Balaban J connectivity index is 2.78. The largest absolute Gasteiger partial charge is 0.485 e. The Morgan fingerprint density at radius 1 is 1.42 bits per heavy atom. The minimum atomic E-state index is -4.51. The maximum atomic E-state index is 10.7. The van der Waals surface area contributed by atoms with Crippen LogP contribution in [0.2, 0.25) is 0 Å². The highest BCUT2D eigenvalue weighted by molar-refractivity contribution is 7.46. The zero-order valence-electron chi connectivity index (χ0n) is 11.0. The number of aryl methyl sites for hydroxylation is 1. The summed E-state index contributed by atoms with van der Waals surface area (Å²) in [6.45, 7) is 4.84. The standard InChI is InChI=1S/C12H16NO5P/c1-9-6-10(7-13)4-5-11(9)18-12(2,3)8-17-19(14,15)16/h4-6H,8H2,1-3H3,(H2,14,15,16). The summed E-state index contributed by atoms with van der Waals surface area (Å²) in [6.07, 6.45) is 0. The van der Waals surface area contributed by atoms with Gasteiger partial charge in [-0.2, -0.15) is 5.26 Å².